The van der Waals surface area contributed by atoms with Crippen LogP contribution >= 0.6 is 0 Å². The van der Waals surface area contributed by atoms with Gasteiger partial charge in [-0.1, -0.05) is 38.1 Å². The Bertz CT molecular complexity index is 1490. The number of aromatic nitrogens is 5. The van der Waals surface area contributed by atoms with Crippen LogP contribution in [-0.2, 0) is 9.53 Å². The highest BCUT2D eigenvalue weighted by molar-refractivity contribution is 5.82. The molecule has 1 unspecified atom stereocenters. The van der Waals surface area contributed by atoms with Crippen LogP contribution in [0.4, 0.5) is 0 Å². The summed E-state index contributed by atoms with van der Waals surface area (Å²) in [7, 11) is 1.93. The number of pyridine rings is 1. The summed E-state index contributed by atoms with van der Waals surface area (Å²) in [5, 5.41) is 12.4. The van der Waals surface area contributed by atoms with E-state index in [-0.39, 0.29) is 23.9 Å². The second-order valence-corrected chi connectivity index (χ2v) is 11.3. The highest BCUT2D eigenvalue weighted by Gasteiger charge is 2.40. The van der Waals surface area contributed by atoms with Crippen molar-refractivity contribution in [2.75, 3.05) is 26.8 Å². The Hall–Kier alpha value is -3.56. The maximum absolute atomic E-state index is 13.5. The second-order valence-electron chi connectivity index (χ2n) is 11.3. The molecule has 9 heteroatoms. The van der Waals surface area contributed by atoms with Gasteiger partial charge in [0.05, 0.1) is 42.7 Å². The minimum Gasteiger partial charge on any atom is -0.378 e. The van der Waals surface area contributed by atoms with Crippen molar-refractivity contribution in [3.8, 4) is 22.5 Å². The van der Waals surface area contributed by atoms with Crippen molar-refractivity contribution in [3.05, 3.63) is 59.5 Å². The molecule has 6 rings (SSSR count). The lowest BCUT2D eigenvalue weighted by atomic mass is 9.93. The third-order valence-corrected chi connectivity index (χ3v) is 8.49. The first-order valence-electron chi connectivity index (χ1n) is 13.9. The smallest absolute Gasteiger partial charge is 0.240 e. The van der Waals surface area contributed by atoms with Gasteiger partial charge >= 0.3 is 0 Å². The summed E-state index contributed by atoms with van der Waals surface area (Å²) in [6.07, 6.45) is 5.57. The van der Waals surface area contributed by atoms with Crippen molar-refractivity contribution in [1.29, 1.82) is 0 Å². The van der Waals surface area contributed by atoms with E-state index in [1.165, 1.54) is 5.56 Å². The van der Waals surface area contributed by atoms with Crippen LogP contribution in [0.25, 0.3) is 28.2 Å². The molecule has 1 amide bonds. The third kappa shape index (κ3) is 4.53. The minimum absolute atomic E-state index is 0.0247. The zero-order chi connectivity index (χ0) is 27.3. The summed E-state index contributed by atoms with van der Waals surface area (Å²) in [5.74, 6) is 0.466. The molecular formula is C30H37N7O2. The quantitative estimate of drug-likeness (QED) is 0.378. The zero-order valence-electron chi connectivity index (χ0n) is 23.4. The van der Waals surface area contributed by atoms with Gasteiger partial charge in [-0.3, -0.25) is 14.8 Å². The van der Waals surface area contributed by atoms with E-state index in [4.69, 9.17) is 9.84 Å². The molecule has 2 saturated heterocycles. The standard InChI is InChI=1S/C30H37N7O2/c1-18(2)26-27(33-34-28(26)23-13-19(3)29-31-17-32-37(29)14-23)22-10-8-21(9-11-22)20(4)35(5)30(38)25-7-6-12-36(25)24-15-39-16-24/h8-11,13-14,17-18,20,24-25H,6-7,12,15-16H2,1-5H3,(H,33,34)/t20-,25?/m0/s1. The number of aromatic amines is 1. The van der Waals surface area contributed by atoms with Gasteiger partial charge in [0.15, 0.2) is 5.65 Å². The van der Waals surface area contributed by atoms with Gasteiger partial charge in [0.25, 0.3) is 0 Å². The lowest BCUT2D eigenvalue weighted by molar-refractivity contribution is -0.141. The number of rotatable bonds is 7. The highest BCUT2D eigenvalue weighted by Crippen LogP contribution is 2.36. The lowest BCUT2D eigenvalue weighted by Crippen LogP contribution is -2.55. The molecule has 2 aliphatic heterocycles. The number of aryl methyl sites for hydroxylation is 1. The number of nitrogens with zero attached hydrogens (tertiary/aromatic N) is 6. The van der Waals surface area contributed by atoms with Crippen LogP contribution in [0.2, 0.25) is 0 Å². The molecule has 5 heterocycles. The maximum atomic E-state index is 13.5. The number of benzene rings is 1. The van der Waals surface area contributed by atoms with E-state index in [1.807, 2.05) is 29.6 Å². The summed E-state index contributed by atoms with van der Waals surface area (Å²) < 4.78 is 7.20. The average molecular weight is 528 g/mol. The molecule has 0 aliphatic carbocycles. The van der Waals surface area contributed by atoms with Crippen molar-refractivity contribution in [2.45, 2.75) is 64.6 Å². The SMILES string of the molecule is Cc1cc(-c2[nH]nc(-c3ccc([C@H](C)N(C)C(=O)C4CCCN4C4COC4)cc3)c2C(C)C)cn2ncnc12. The molecule has 3 aromatic heterocycles. The van der Waals surface area contributed by atoms with Crippen LogP contribution in [-0.4, -0.2) is 79.4 Å². The van der Waals surface area contributed by atoms with Gasteiger partial charge in [0.2, 0.25) is 5.91 Å². The van der Waals surface area contributed by atoms with Crippen molar-refractivity contribution in [3.63, 3.8) is 0 Å². The Labute approximate surface area is 229 Å². The van der Waals surface area contributed by atoms with E-state index in [0.29, 0.717) is 6.04 Å². The third-order valence-electron chi connectivity index (χ3n) is 8.49. The van der Waals surface area contributed by atoms with E-state index in [1.54, 1.807) is 6.33 Å². The number of amides is 1. The lowest BCUT2D eigenvalue weighted by Gasteiger charge is -2.39. The molecule has 1 N–H and O–H groups in total. The van der Waals surface area contributed by atoms with Gasteiger partial charge in [0, 0.05) is 29.9 Å². The fourth-order valence-electron chi connectivity index (χ4n) is 6.06. The van der Waals surface area contributed by atoms with Gasteiger partial charge in [0.1, 0.15) is 6.33 Å². The number of likely N-dealkylation sites (tertiary alicyclic amines) is 1. The number of likely N-dealkylation sites (N-methyl/N-ethyl adjacent to an activating group) is 1. The van der Waals surface area contributed by atoms with Gasteiger partial charge in [-0.2, -0.15) is 10.2 Å². The second kappa shape index (κ2) is 10.2. The van der Waals surface area contributed by atoms with Crippen LogP contribution < -0.4 is 0 Å². The summed E-state index contributed by atoms with van der Waals surface area (Å²) in [6, 6.07) is 10.9. The average Bonchev–Trinajstić information content (AvgIpc) is 3.66. The van der Waals surface area contributed by atoms with Crippen molar-refractivity contribution in [2.24, 2.45) is 0 Å². The number of H-pyrrole nitrogens is 1. The monoisotopic (exact) mass is 527 g/mol. The summed E-state index contributed by atoms with van der Waals surface area (Å²) in [6.45, 7) is 11.0. The van der Waals surface area contributed by atoms with Gasteiger partial charge in [-0.25, -0.2) is 9.50 Å². The van der Waals surface area contributed by atoms with Crippen molar-refractivity contribution in [1.82, 2.24) is 34.6 Å². The van der Waals surface area contributed by atoms with Crippen molar-refractivity contribution < 1.29 is 9.53 Å². The highest BCUT2D eigenvalue weighted by atomic mass is 16.5. The molecule has 2 fully saturated rings. The maximum Gasteiger partial charge on any atom is 0.240 e. The number of nitrogens with one attached hydrogen (secondary N) is 1. The normalized spacial score (nSPS) is 19.1. The Morgan fingerprint density at radius 1 is 1.15 bits per heavy atom. The number of hydrogen-bond donors (Lipinski definition) is 1. The first-order chi connectivity index (χ1) is 18.8. The van der Waals surface area contributed by atoms with Crippen molar-refractivity contribution >= 4 is 11.6 Å². The van der Waals surface area contributed by atoms with Gasteiger partial charge in [-0.05, 0) is 56.3 Å². The Morgan fingerprint density at radius 3 is 2.62 bits per heavy atom. The van der Waals surface area contributed by atoms with Gasteiger partial charge < -0.3 is 9.64 Å². The number of fused-ring (bicyclic) bond motifs is 1. The number of hydrogen-bond acceptors (Lipinski definition) is 6. The topological polar surface area (TPSA) is 91.7 Å². The molecule has 204 valence electrons. The van der Waals surface area contributed by atoms with Crippen LogP contribution in [0.5, 0.6) is 0 Å². The largest absolute Gasteiger partial charge is 0.378 e. The molecule has 1 aromatic carbocycles. The number of ether oxygens (including phenoxy) is 1. The van der Waals surface area contributed by atoms with E-state index >= 15 is 0 Å². The Morgan fingerprint density at radius 2 is 1.92 bits per heavy atom. The van der Waals surface area contributed by atoms with Crippen LogP contribution in [0.1, 0.15) is 62.3 Å². The number of carbonyl (C=O) groups excluding carboxylic acids is 1. The van der Waals surface area contributed by atoms with Crippen LogP contribution in [0.15, 0.2) is 42.9 Å². The summed E-state index contributed by atoms with van der Waals surface area (Å²) >= 11 is 0. The first kappa shape index (κ1) is 25.7. The summed E-state index contributed by atoms with van der Waals surface area (Å²) in [4.78, 5) is 22.1. The van der Waals surface area contributed by atoms with E-state index in [0.717, 1.165) is 71.9 Å². The molecule has 0 saturated carbocycles. The fourth-order valence-corrected chi connectivity index (χ4v) is 6.06. The van der Waals surface area contributed by atoms with E-state index < -0.39 is 0 Å². The number of carbonyl (C=O) groups is 1. The molecule has 39 heavy (non-hydrogen) atoms. The molecule has 0 radical (unpaired) electrons. The molecule has 2 aliphatic rings. The Kier molecular flexibility index (Phi) is 6.72. The predicted octanol–water partition coefficient (Wildman–Crippen LogP) is 4.60. The minimum atomic E-state index is -0.0397. The molecule has 2 atom stereocenters. The van der Waals surface area contributed by atoms with E-state index in [9.17, 15) is 4.79 Å². The van der Waals surface area contributed by atoms with Gasteiger partial charge in [-0.15, -0.1) is 0 Å². The first-order valence-corrected chi connectivity index (χ1v) is 13.9. The van der Waals surface area contributed by atoms with E-state index in [2.05, 4.69) is 71.2 Å². The fraction of sp³-hybridized carbons (Fsp3) is 0.467. The summed E-state index contributed by atoms with van der Waals surface area (Å²) in [5.41, 5.74) is 8.24. The van der Waals surface area contributed by atoms with Crippen LogP contribution in [0.3, 0.4) is 0 Å². The molecule has 0 bridgehead atoms. The van der Waals surface area contributed by atoms with Crippen LogP contribution in [0, 0.1) is 6.92 Å². The molecule has 9 nitrogen and oxygen atoms in total. The predicted molar refractivity (Wildman–Crippen MR) is 150 cm³/mol. The molecular weight excluding hydrogens is 490 g/mol. The zero-order valence-corrected chi connectivity index (χ0v) is 23.4. The molecule has 0 spiro atoms. The molecule has 4 aromatic rings. The Balaban J connectivity index is 1.24.